The molecule has 0 aliphatic carbocycles. The van der Waals surface area contributed by atoms with Crippen LogP contribution in [0.1, 0.15) is 6.42 Å². The molecule has 0 saturated carbocycles. The Morgan fingerprint density at radius 3 is 2.47 bits per heavy atom. The van der Waals surface area contributed by atoms with E-state index in [1.807, 2.05) is 0 Å². The molecular weight excluding hydrogens is 222 g/mol. The highest BCUT2D eigenvalue weighted by atomic mass is 32.2. The summed E-state index contributed by atoms with van der Waals surface area (Å²) >= 11 is 0. The Morgan fingerprint density at radius 1 is 1.67 bits per heavy atom. The Bertz CT molecular complexity index is 370. The van der Waals surface area contributed by atoms with Crippen LogP contribution in [0.15, 0.2) is 17.8 Å². The van der Waals surface area contributed by atoms with E-state index in [9.17, 15) is 13.2 Å². The van der Waals surface area contributed by atoms with Gasteiger partial charge in [-0.15, -0.1) is 6.58 Å². The topological polar surface area (TPSA) is 93.0 Å². The van der Waals surface area contributed by atoms with Crippen LogP contribution in [-0.2, 0) is 19.5 Å². The third-order valence-electron chi connectivity index (χ3n) is 1.61. The van der Waals surface area contributed by atoms with Crippen molar-refractivity contribution < 1.29 is 23.2 Å². The van der Waals surface area contributed by atoms with Crippen LogP contribution >= 0.6 is 0 Å². The summed E-state index contributed by atoms with van der Waals surface area (Å²) in [6, 6.07) is 0. The predicted octanol–water partition coefficient (Wildman–Crippen LogP) is 0.0627. The van der Waals surface area contributed by atoms with E-state index >= 15 is 0 Å². The number of sulfone groups is 1. The normalized spacial score (nSPS) is 14.4. The molecule has 0 saturated heterocycles. The third kappa shape index (κ3) is 4.11. The van der Waals surface area contributed by atoms with E-state index < -0.39 is 26.8 Å². The van der Waals surface area contributed by atoms with E-state index in [2.05, 4.69) is 16.6 Å². The number of carboxylic acids is 1. The minimum Gasteiger partial charge on any atom is -0.477 e. The highest BCUT2D eigenvalue weighted by Gasteiger charge is 2.31. The van der Waals surface area contributed by atoms with Gasteiger partial charge in [-0.25, -0.2) is 13.2 Å². The van der Waals surface area contributed by atoms with Gasteiger partial charge in [-0.2, -0.15) is 0 Å². The molecule has 0 aliphatic heterocycles. The summed E-state index contributed by atoms with van der Waals surface area (Å²) in [7, 11) is -2.41. The maximum Gasteiger partial charge on any atom is 0.355 e. The number of carbonyl (C=O) groups is 1. The lowest BCUT2D eigenvalue weighted by atomic mass is 10.2. The molecule has 1 N–H and O–H groups in total. The number of rotatable bonds is 6. The van der Waals surface area contributed by atoms with Crippen LogP contribution < -0.4 is 0 Å². The van der Waals surface area contributed by atoms with Crippen molar-refractivity contribution in [1.82, 2.24) is 0 Å². The summed E-state index contributed by atoms with van der Waals surface area (Å²) in [4.78, 5) is 15.0. The maximum atomic E-state index is 11.3. The van der Waals surface area contributed by atoms with Crippen molar-refractivity contribution in [2.24, 2.45) is 5.16 Å². The van der Waals surface area contributed by atoms with Crippen LogP contribution in [-0.4, -0.2) is 43.8 Å². The number of allylic oxidation sites excluding steroid dienone is 1. The minimum atomic E-state index is -3.56. The number of aliphatic carboxylic acids is 1. The van der Waals surface area contributed by atoms with Gasteiger partial charge < -0.3 is 9.94 Å². The second-order valence-corrected chi connectivity index (χ2v) is 5.03. The average Bonchev–Trinajstić information content (AvgIpc) is 2.09. The summed E-state index contributed by atoms with van der Waals surface area (Å²) < 4.78 is 22.6. The Balaban J connectivity index is 5.30. The minimum absolute atomic E-state index is 0.0205. The van der Waals surface area contributed by atoms with Gasteiger partial charge in [0.2, 0.25) is 0 Å². The predicted molar refractivity (Wildman–Crippen MR) is 55.5 cm³/mol. The van der Waals surface area contributed by atoms with Gasteiger partial charge in [-0.1, -0.05) is 11.2 Å². The van der Waals surface area contributed by atoms with Crippen molar-refractivity contribution in [2.45, 2.75) is 11.7 Å². The van der Waals surface area contributed by atoms with Crippen molar-refractivity contribution in [2.75, 3.05) is 13.4 Å². The van der Waals surface area contributed by atoms with Crippen LogP contribution in [0.5, 0.6) is 0 Å². The lowest BCUT2D eigenvalue weighted by molar-refractivity contribution is -0.129. The monoisotopic (exact) mass is 235 g/mol. The van der Waals surface area contributed by atoms with E-state index in [0.717, 1.165) is 13.4 Å². The van der Waals surface area contributed by atoms with Crippen molar-refractivity contribution >= 4 is 21.5 Å². The van der Waals surface area contributed by atoms with Crippen LogP contribution in [0.2, 0.25) is 0 Å². The zero-order valence-corrected chi connectivity index (χ0v) is 9.32. The molecule has 6 nitrogen and oxygen atoms in total. The summed E-state index contributed by atoms with van der Waals surface area (Å²) in [5, 5.41) is 10.7. The molecule has 0 aromatic heterocycles. The smallest absolute Gasteiger partial charge is 0.355 e. The van der Waals surface area contributed by atoms with Crippen LogP contribution in [0.3, 0.4) is 0 Å². The lowest BCUT2D eigenvalue weighted by Gasteiger charge is -2.11. The fourth-order valence-electron chi connectivity index (χ4n) is 0.974. The van der Waals surface area contributed by atoms with Crippen LogP contribution in [0.4, 0.5) is 0 Å². The molecule has 0 spiro atoms. The van der Waals surface area contributed by atoms with Crippen molar-refractivity contribution in [3.8, 4) is 0 Å². The Hall–Kier alpha value is -1.37. The number of carboxylic acid groups (broad SMARTS) is 1. The number of hydrogen-bond donors (Lipinski definition) is 1. The second-order valence-electron chi connectivity index (χ2n) is 2.81. The Morgan fingerprint density at radius 2 is 2.20 bits per heavy atom. The summed E-state index contributed by atoms with van der Waals surface area (Å²) in [6.45, 7) is 3.36. The molecule has 1 unspecified atom stereocenters. The van der Waals surface area contributed by atoms with Gasteiger partial charge in [0.25, 0.3) is 0 Å². The standard InChI is InChI=1S/C8H13NO5S/c1-4-5-6(15(3,12)13)7(8(10)11)9-14-2/h4,6H,1,5H2,2-3H3,(H,10,11). The Labute approximate surface area is 88.1 Å². The molecular formula is C8H13NO5S. The summed E-state index contributed by atoms with van der Waals surface area (Å²) in [5.74, 6) is -1.42. The van der Waals surface area contributed by atoms with Crippen LogP contribution in [0.25, 0.3) is 0 Å². The number of hydrogen-bond acceptors (Lipinski definition) is 5. The zero-order valence-electron chi connectivity index (χ0n) is 8.50. The van der Waals surface area contributed by atoms with E-state index in [1.54, 1.807) is 0 Å². The zero-order chi connectivity index (χ0) is 12.1. The summed E-state index contributed by atoms with van der Waals surface area (Å²) in [5.41, 5.74) is -0.542. The molecule has 1 atom stereocenters. The first-order valence-corrected chi connectivity index (χ1v) is 5.94. The van der Waals surface area contributed by atoms with E-state index in [1.165, 1.54) is 6.08 Å². The molecule has 0 aromatic carbocycles. The van der Waals surface area contributed by atoms with Gasteiger partial charge in [0.15, 0.2) is 15.5 Å². The molecule has 15 heavy (non-hydrogen) atoms. The van der Waals surface area contributed by atoms with Gasteiger partial charge in [0.05, 0.1) is 0 Å². The van der Waals surface area contributed by atoms with Gasteiger partial charge in [0, 0.05) is 6.26 Å². The lowest BCUT2D eigenvalue weighted by Crippen LogP contribution is -2.34. The van der Waals surface area contributed by atoms with E-state index in [4.69, 9.17) is 5.11 Å². The first-order chi connectivity index (χ1) is 6.84. The van der Waals surface area contributed by atoms with Crippen molar-refractivity contribution in [3.05, 3.63) is 12.7 Å². The average molecular weight is 235 g/mol. The molecule has 0 fully saturated rings. The van der Waals surface area contributed by atoms with Gasteiger partial charge in [-0.05, 0) is 6.42 Å². The molecule has 0 heterocycles. The first-order valence-electron chi connectivity index (χ1n) is 3.98. The Kier molecular flexibility index (Phi) is 4.99. The fourth-order valence-corrected chi connectivity index (χ4v) is 2.01. The molecule has 0 rings (SSSR count). The molecule has 0 aromatic rings. The van der Waals surface area contributed by atoms with Gasteiger partial charge in [0.1, 0.15) is 12.4 Å². The van der Waals surface area contributed by atoms with Crippen molar-refractivity contribution in [1.29, 1.82) is 0 Å². The molecule has 0 radical (unpaired) electrons. The molecule has 7 heteroatoms. The van der Waals surface area contributed by atoms with Gasteiger partial charge >= 0.3 is 5.97 Å². The van der Waals surface area contributed by atoms with Crippen LogP contribution in [0, 0.1) is 0 Å². The number of oxime groups is 1. The fraction of sp³-hybridized carbons (Fsp3) is 0.500. The second kappa shape index (κ2) is 5.50. The highest BCUT2D eigenvalue weighted by Crippen LogP contribution is 2.09. The highest BCUT2D eigenvalue weighted by molar-refractivity contribution is 7.92. The van der Waals surface area contributed by atoms with E-state index in [0.29, 0.717) is 0 Å². The molecule has 0 aliphatic rings. The summed E-state index contributed by atoms with van der Waals surface area (Å²) in [6.07, 6.45) is 2.24. The largest absolute Gasteiger partial charge is 0.477 e. The molecule has 0 amide bonds. The first kappa shape index (κ1) is 13.6. The molecule has 0 bridgehead atoms. The van der Waals surface area contributed by atoms with Gasteiger partial charge in [-0.3, -0.25) is 0 Å². The third-order valence-corrected chi connectivity index (χ3v) is 3.06. The number of nitrogens with zero attached hydrogens (tertiary/aromatic N) is 1. The maximum absolute atomic E-state index is 11.3. The van der Waals surface area contributed by atoms with E-state index in [-0.39, 0.29) is 6.42 Å². The molecule has 86 valence electrons. The SMILES string of the molecule is C=CCC(C(=NOC)C(=O)O)S(C)(=O)=O. The van der Waals surface area contributed by atoms with Crippen molar-refractivity contribution in [3.63, 3.8) is 0 Å². The quantitative estimate of drug-likeness (QED) is 0.399.